The summed E-state index contributed by atoms with van der Waals surface area (Å²) < 4.78 is 8.89. The van der Waals surface area contributed by atoms with Crippen LogP contribution in [-0.4, -0.2) is 37.6 Å². The van der Waals surface area contributed by atoms with Crippen molar-refractivity contribution >= 4 is 22.6 Å². The van der Waals surface area contributed by atoms with Gasteiger partial charge in [0.1, 0.15) is 16.8 Å². The average molecular weight is 444 g/mol. The molecule has 0 aromatic carbocycles. The van der Waals surface area contributed by atoms with Gasteiger partial charge in [-0.3, -0.25) is 24.4 Å². The quantitative estimate of drug-likeness (QED) is 0.457. The number of aromatic nitrogens is 4. The minimum absolute atomic E-state index is 0.00467. The predicted molar refractivity (Wildman–Crippen MR) is 122 cm³/mol. The molecule has 0 radical (unpaired) electrons. The minimum atomic E-state index is -0.430. The lowest BCUT2D eigenvalue weighted by Gasteiger charge is -2.17. The molecule has 0 spiro atoms. The van der Waals surface area contributed by atoms with Crippen LogP contribution in [0.4, 0.5) is 0 Å². The second-order valence-corrected chi connectivity index (χ2v) is 8.29. The van der Waals surface area contributed by atoms with Crippen LogP contribution in [0.1, 0.15) is 34.3 Å². The third kappa shape index (κ3) is 4.03. The molecule has 168 valence electrons. The first-order chi connectivity index (χ1) is 16.0. The number of amides is 1. The van der Waals surface area contributed by atoms with Crippen LogP contribution in [0.15, 0.2) is 53.7 Å². The predicted octanol–water partition coefficient (Wildman–Crippen LogP) is 1.94. The topological polar surface area (TPSA) is 114 Å². The van der Waals surface area contributed by atoms with Crippen LogP contribution in [0, 0.1) is 12.3 Å². The van der Waals surface area contributed by atoms with E-state index < -0.39 is 5.91 Å². The van der Waals surface area contributed by atoms with E-state index in [-0.39, 0.29) is 29.3 Å². The van der Waals surface area contributed by atoms with Crippen molar-refractivity contribution in [2.75, 3.05) is 6.61 Å². The molecule has 1 amide bonds. The van der Waals surface area contributed by atoms with Gasteiger partial charge in [-0.1, -0.05) is 12.1 Å². The number of aryl methyl sites for hydroxylation is 1. The maximum absolute atomic E-state index is 13.4. The van der Waals surface area contributed by atoms with E-state index in [1.807, 2.05) is 19.1 Å². The van der Waals surface area contributed by atoms with Gasteiger partial charge in [0.25, 0.3) is 11.5 Å². The van der Waals surface area contributed by atoms with Crippen molar-refractivity contribution in [2.24, 2.45) is 0 Å². The molecule has 5 heterocycles. The van der Waals surface area contributed by atoms with Gasteiger partial charge in [-0.25, -0.2) is 4.98 Å². The van der Waals surface area contributed by atoms with Gasteiger partial charge in [-0.15, -0.1) is 0 Å². The normalized spacial score (nSPS) is 15.8. The number of hydrogen-bond donors (Lipinski definition) is 2. The number of rotatable bonds is 5. The van der Waals surface area contributed by atoms with Crippen molar-refractivity contribution in [3.8, 4) is 0 Å². The number of ether oxygens (including phenoxy) is 1. The number of hydrogen-bond acceptors (Lipinski definition) is 6. The van der Waals surface area contributed by atoms with Crippen molar-refractivity contribution in [3.63, 3.8) is 0 Å². The molecule has 1 unspecified atom stereocenters. The summed E-state index contributed by atoms with van der Waals surface area (Å²) in [5.74, 6) is -0.430. The molecule has 0 saturated carbocycles. The Bertz CT molecular complexity index is 1470. The molecule has 33 heavy (non-hydrogen) atoms. The lowest BCUT2D eigenvalue weighted by atomic mass is 10.1. The van der Waals surface area contributed by atoms with E-state index in [2.05, 4.69) is 15.3 Å². The van der Waals surface area contributed by atoms with Crippen LogP contribution >= 0.6 is 0 Å². The fourth-order valence-electron chi connectivity index (χ4n) is 4.17. The van der Waals surface area contributed by atoms with E-state index in [4.69, 9.17) is 10.1 Å². The molecule has 0 bridgehead atoms. The Balaban J connectivity index is 1.65. The molecule has 1 saturated heterocycles. The van der Waals surface area contributed by atoms with Gasteiger partial charge < -0.3 is 14.6 Å². The Kier molecular flexibility index (Phi) is 5.47. The van der Waals surface area contributed by atoms with Crippen LogP contribution in [0.5, 0.6) is 0 Å². The lowest BCUT2D eigenvalue weighted by Crippen LogP contribution is -2.36. The molecular formula is C24H24N6O3. The van der Waals surface area contributed by atoms with Crippen LogP contribution in [0.2, 0.25) is 0 Å². The molecule has 2 N–H and O–H groups in total. The summed E-state index contributed by atoms with van der Waals surface area (Å²) >= 11 is 0. The van der Waals surface area contributed by atoms with E-state index in [1.54, 1.807) is 35.3 Å². The Labute approximate surface area is 189 Å². The van der Waals surface area contributed by atoms with E-state index in [0.29, 0.717) is 29.8 Å². The second kappa shape index (κ2) is 8.59. The summed E-state index contributed by atoms with van der Waals surface area (Å²) in [7, 11) is 0. The van der Waals surface area contributed by atoms with E-state index in [9.17, 15) is 9.59 Å². The van der Waals surface area contributed by atoms with Gasteiger partial charge in [0.05, 0.1) is 23.6 Å². The van der Waals surface area contributed by atoms with Crippen LogP contribution in [0.25, 0.3) is 16.7 Å². The lowest BCUT2D eigenvalue weighted by molar-refractivity contribution is 0.0931. The second-order valence-electron chi connectivity index (χ2n) is 8.29. The largest absolute Gasteiger partial charge is 0.376 e. The van der Waals surface area contributed by atoms with Crippen molar-refractivity contribution < 1.29 is 9.53 Å². The van der Waals surface area contributed by atoms with Crippen LogP contribution in [-0.2, 0) is 17.8 Å². The van der Waals surface area contributed by atoms with E-state index >= 15 is 0 Å². The SMILES string of the molecule is Cc1ccc2nc3c(cc(C(=O)NCc4cccnc4)c(=N)n3CC3CCCO3)c(=O)n2c1. The van der Waals surface area contributed by atoms with Gasteiger partial charge >= 0.3 is 0 Å². The third-order valence-electron chi connectivity index (χ3n) is 5.89. The number of pyridine rings is 3. The van der Waals surface area contributed by atoms with Gasteiger partial charge in [0.15, 0.2) is 0 Å². The molecule has 1 fully saturated rings. The molecule has 1 aliphatic rings. The number of nitrogens with one attached hydrogen (secondary N) is 2. The summed E-state index contributed by atoms with van der Waals surface area (Å²) in [6.45, 7) is 3.19. The number of fused-ring (bicyclic) bond motifs is 2. The molecule has 0 aliphatic carbocycles. The summed E-state index contributed by atoms with van der Waals surface area (Å²) in [6.07, 6.45) is 6.78. The maximum Gasteiger partial charge on any atom is 0.267 e. The number of carbonyl (C=O) groups is 1. The summed E-state index contributed by atoms with van der Waals surface area (Å²) in [5.41, 5.74) is 2.49. The van der Waals surface area contributed by atoms with Crippen molar-refractivity contribution in [3.05, 3.63) is 81.5 Å². The Hall–Kier alpha value is -3.85. The van der Waals surface area contributed by atoms with Gasteiger partial charge in [-0.05, 0) is 49.1 Å². The van der Waals surface area contributed by atoms with Crippen molar-refractivity contribution in [1.29, 1.82) is 5.41 Å². The molecule has 9 heteroatoms. The molecule has 4 aromatic heterocycles. The maximum atomic E-state index is 13.4. The van der Waals surface area contributed by atoms with E-state index in [1.165, 1.54) is 10.5 Å². The molecule has 1 aliphatic heterocycles. The zero-order valence-corrected chi connectivity index (χ0v) is 18.2. The smallest absolute Gasteiger partial charge is 0.267 e. The van der Waals surface area contributed by atoms with Crippen LogP contribution < -0.4 is 16.4 Å². The third-order valence-corrected chi connectivity index (χ3v) is 5.89. The van der Waals surface area contributed by atoms with Gasteiger partial charge in [0.2, 0.25) is 0 Å². The summed E-state index contributed by atoms with van der Waals surface area (Å²) in [5, 5.41) is 11.9. The fraction of sp³-hybridized carbons (Fsp3) is 0.292. The highest BCUT2D eigenvalue weighted by Gasteiger charge is 2.22. The van der Waals surface area contributed by atoms with E-state index in [0.717, 1.165) is 24.0 Å². The first-order valence-electron chi connectivity index (χ1n) is 10.9. The first kappa shape index (κ1) is 21.0. The van der Waals surface area contributed by atoms with Crippen LogP contribution in [0.3, 0.4) is 0 Å². The van der Waals surface area contributed by atoms with Gasteiger partial charge in [-0.2, -0.15) is 0 Å². The summed E-state index contributed by atoms with van der Waals surface area (Å²) in [4.78, 5) is 35.2. The van der Waals surface area contributed by atoms with Crippen molar-refractivity contribution in [1.82, 2.24) is 24.3 Å². The molecular weight excluding hydrogens is 420 g/mol. The fourth-order valence-corrected chi connectivity index (χ4v) is 4.17. The molecule has 5 rings (SSSR count). The molecule has 9 nitrogen and oxygen atoms in total. The Morgan fingerprint density at radius 2 is 2.21 bits per heavy atom. The van der Waals surface area contributed by atoms with Gasteiger partial charge in [0, 0.05) is 31.7 Å². The Morgan fingerprint density at radius 1 is 1.33 bits per heavy atom. The first-order valence-corrected chi connectivity index (χ1v) is 10.9. The number of nitrogens with zero attached hydrogens (tertiary/aromatic N) is 4. The number of carbonyl (C=O) groups excluding carboxylic acids is 1. The van der Waals surface area contributed by atoms with Crippen molar-refractivity contribution in [2.45, 2.75) is 39.0 Å². The highest BCUT2D eigenvalue weighted by atomic mass is 16.5. The summed E-state index contributed by atoms with van der Waals surface area (Å²) in [6, 6.07) is 8.80. The average Bonchev–Trinajstić information content (AvgIpc) is 3.34. The molecule has 4 aromatic rings. The molecule has 1 atom stereocenters. The minimum Gasteiger partial charge on any atom is -0.376 e. The standard InChI is InChI=1S/C24H24N6O3/c1-15-6-7-20-28-22-19(24(32)29(20)13-15)10-18(21(25)30(22)14-17-5-3-9-33-17)23(31)27-12-16-4-2-8-26-11-16/h2,4,6-8,10-11,13,17,25H,3,5,9,12,14H2,1H3,(H,27,31). The zero-order valence-electron chi connectivity index (χ0n) is 18.2. The Morgan fingerprint density at radius 3 is 2.97 bits per heavy atom. The highest BCUT2D eigenvalue weighted by molar-refractivity contribution is 5.96. The zero-order chi connectivity index (χ0) is 22.9. The monoisotopic (exact) mass is 444 g/mol. The highest BCUT2D eigenvalue weighted by Crippen LogP contribution is 2.17.